The number of rotatable bonds is 6. The minimum Gasteiger partial charge on any atom is -0.379 e. The lowest BCUT2D eigenvalue weighted by atomic mass is 10.4. The first-order chi connectivity index (χ1) is 5.16. The van der Waals surface area contributed by atoms with E-state index in [0.717, 1.165) is 6.61 Å². The van der Waals surface area contributed by atoms with Crippen molar-refractivity contribution in [3.8, 4) is 0 Å². The van der Waals surface area contributed by atoms with Crippen molar-refractivity contribution < 1.29 is 9.47 Å². The van der Waals surface area contributed by atoms with Gasteiger partial charge in [0.1, 0.15) is 0 Å². The van der Waals surface area contributed by atoms with Gasteiger partial charge in [0.25, 0.3) is 0 Å². The molecular formula is C8H19NO2. The van der Waals surface area contributed by atoms with E-state index in [1.165, 1.54) is 0 Å². The molecular weight excluding hydrogens is 142 g/mol. The largest absolute Gasteiger partial charge is 0.379 e. The van der Waals surface area contributed by atoms with Gasteiger partial charge in [0, 0.05) is 12.6 Å². The molecule has 11 heavy (non-hydrogen) atoms. The van der Waals surface area contributed by atoms with Crippen LogP contribution in [0.2, 0.25) is 0 Å². The molecule has 0 rings (SSSR count). The van der Waals surface area contributed by atoms with Crippen LogP contribution >= 0.6 is 0 Å². The van der Waals surface area contributed by atoms with E-state index in [0.29, 0.717) is 13.2 Å². The maximum Gasteiger partial charge on any atom is 0.0781 e. The van der Waals surface area contributed by atoms with E-state index >= 15 is 0 Å². The van der Waals surface area contributed by atoms with Crippen LogP contribution in [-0.2, 0) is 9.47 Å². The lowest BCUT2D eigenvalue weighted by Gasteiger charge is -2.14. The predicted molar refractivity (Wildman–Crippen MR) is 45.6 cm³/mol. The van der Waals surface area contributed by atoms with Crippen LogP contribution in [0.1, 0.15) is 20.8 Å². The normalized spacial score (nSPS) is 16.4. The molecule has 0 amide bonds. The molecule has 0 saturated heterocycles. The molecule has 0 fully saturated rings. The fourth-order valence-corrected chi connectivity index (χ4v) is 0.648. The molecule has 0 heterocycles. The van der Waals surface area contributed by atoms with Gasteiger partial charge >= 0.3 is 0 Å². The Kier molecular flexibility index (Phi) is 6.51. The minimum atomic E-state index is 0.110. The number of nitrogens with two attached hydrogens (primary N) is 1. The van der Waals surface area contributed by atoms with Crippen molar-refractivity contribution in [2.45, 2.75) is 32.9 Å². The van der Waals surface area contributed by atoms with Crippen LogP contribution in [-0.4, -0.2) is 32.0 Å². The lowest BCUT2D eigenvalue weighted by Crippen LogP contribution is -2.26. The monoisotopic (exact) mass is 161 g/mol. The molecule has 0 aromatic rings. The highest BCUT2D eigenvalue weighted by Crippen LogP contribution is 1.92. The quantitative estimate of drug-likeness (QED) is 0.626. The highest BCUT2D eigenvalue weighted by Gasteiger charge is 2.02. The first-order valence-corrected chi connectivity index (χ1v) is 4.11. The van der Waals surface area contributed by atoms with Crippen molar-refractivity contribution in [2.75, 3.05) is 19.8 Å². The molecule has 0 aliphatic rings. The molecule has 1 unspecified atom stereocenters. The van der Waals surface area contributed by atoms with E-state index in [9.17, 15) is 0 Å². The smallest absolute Gasteiger partial charge is 0.0781 e. The van der Waals surface area contributed by atoms with Crippen LogP contribution in [0.15, 0.2) is 0 Å². The Bertz CT molecular complexity index is 86.2. The van der Waals surface area contributed by atoms with Gasteiger partial charge in [-0.15, -0.1) is 0 Å². The average molecular weight is 161 g/mol. The third kappa shape index (κ3) is 7.78. The van der Waals surface area contributed by atoms with E-state index in [1.54, 1.807) is 0 Å². The highest BCUT2D eigenvalue weighted by molar-refractivity contribution is 4.53. The Morgan fingerprint density at radius 2 is 1.91 bits per heavy atom. The summed E-state index contributed by atoms with van der Waals surface area (Å²) in [5.41, 5.74) is 5.50. The van der Waals surface area contributed by atoms with Crippen molar-refractivity contribution >= 4 is 0 Å². The van der Waals surface area contributed by atoms with Gasteiger partial charge in [-0.2, -0.15) is 0 Å². The summed E-state index contributed by atoms with van der Waals surface area (Å²) >= 11 is 0. The molecule has 0 saturated carbocycles. The first kappa shape index (κ1) is 10.9. The van der Waals surface area contributed by atoms with Crippen molar-refractivity contribution in [3.05, 3.63) is 0 Å². The summed E-state index contributed by atoms with van der Waals surface area (Å²) in [5.74, 6) is 0. The predicted octanol–water partition coefficient (Wildman–Crippen LogP) is 0.775. The van der Waals surface area contributed by atoms with Crippen LogP contribution in [0.25, 0.3) is 0 Å². The Labute approximate surface area is 68.9 Å². The molecule has 0 spiro atoms. The fraction of sp³-hybridized carbons (Fsp3) is 1.00. The Morgan fingerprint density at radius 3 is 2.36 bits per heavy atom. The van der Waals surface area contributed by atoms with Crippen LogP contribution in [0.4, 0.5) is 0 Å². The second-order valence-corrected chi connectivity index (χ2v) is 2.78. The summed E-state index contributed by atoms with van der Waals surface area (Å²) < 4.78 is 10.5. The van der Waals surface area contributed by atoms with Gasteiger partial charge in [0.15, 0.2) is 0 Å². The summed E-state index contributed by atoms with van der Waals surface area (Å²) in [5, 5.41) is 0. The Morgan fingerprint density at radius 1 is 1.27 bits per heavy atom. The molecule has 2 N–H and O–H groups in total. The summed E-state index contributed by atoms with van der Waals surface area (Å²) in [4.78, 5) is 0. The van der Waals surface area contributed by atoms with Crippen LogP contribution in [0.5, 0.6) is 0 Å². The van der Waals surface area contributed by atoms with Crippen molar-refractivity contribution in [3.63, 3.8) is 0 Å². The van der Waals surface area contributed by atoms with Crippen LogP contribution in [0.3, 0.4) is 0 Å². The van der Waals surface area contributed by atoms with E-state index in [4.69, 9.17) is 15.2 Å². The molecule has 0 aromatic carbocycles. The molecule has 0 radical (unpaired) electrons. The zero-order chi connectivity index (χ0) is 8.69. The standard InChI is InChI=1S/C8H19NO2/c1-4-10-6-8(3)11-5-7(2)9/h7-8H,4-6,9H2,1-3H3/t7-,8?/m1/s1. The zero-order valence-corrected chi connectivity index (χ0v) is 7.67. The third-order valence-corrected chi connectivity index (χ3v) is 1.20. The molecule has 3 nitrogen and oxygen atoms in total. The van der Waals surface area contributed by atoms with Crippen molar-refractivity contribution in [1.29, 1.82) is 0 Å². The van der Waals surface area contributed by atoms with Crippen molar-refractivity contribution in [2.24, 2.45) is 5.73 Å². The molecule has 2 atom stereocenters. The molecule has 0 aliphatic heterocycles. The van der Waals surface area contributed by atoms with E-state index in [-0.39, 0.29) is 12.1 Å². The summed E-state index contributed by atoms with van der Waals surface area (Å²) in [6.45, 7) is 7.88. The molecule has 3 heteroatoms. The van der Waals surface area contributed by atoms with E-state index < -0.39 is 0 Å². The van der Waals surface area contributed by atoms with Crippen molar-refractivity contribution in [1.82, 2.24) is 0 Å². The van der Waals surface area contributed by atoms with E-state index in [1.807, 2.05) is 20.8 Å². The van der Waals surface area contributed by atoms with E-state index in [2.05, 4.69) is 0 Å². The van der Waals surface area contributed by atoms with Crippen LogP contribution < -0.4 is 5.73 Å². The van der Waals surface area contributed by atoms with Gasteiger partial charge in [-0.05, 0) is 20.8 Å². The van der Waals surface area contributed by atoms with Gasteiger partial charge in [-0.1, -0.05) is 0 Å². The summed E-state index contributed by atoms with van der Waals surface area (Å²) in [6.07, 6.45) is 0.154. The van der Waals surface area contributed by atoms with Gasteiger partial charge in [0.05, 0.1) is 19.3 Å². The highest BCUT2D eigenvalue weighted by atomic mass is 16.5. The molecule has 68 valence electrons. The van der Waals surface area contributed by atoms with Gasteiger partial charge in [0.2, 0.25) is 0 Å². The van der Waals surface area contributed by atoms with Crippen LogP contribution in [0, 0.1) is 0 Å². The van der Waals surface area contributed by atoms with Gasteiger partial charge in [-0.25, -0.2) is 0 Å². The Balaban J connectivity index is 3.15. The Hall–Kier alpha value is -0.120. The minimum absolute atomic E-state index is 0.110. The number of ether oxygens (including phenoxy) is 2. The summed E-state index contributed by atoms with van der Waals surface area (Å²) in [6, 6.07) is 0.110. The number of hydrogen-bond donors (Lipinski definition) is 1. The SMILES string of the molecule is CCOCC(C)OC[C@@H](C)N. The lowest BCUT2D eigenvalue weighted by molar-refractivity contribution is -0.00677. The zero-order valence-electron chi connectivity index (χ0n) is 7.67. The van der Waals surface area contributed by atoms with Gasteiger partial charge in [-0.3, -0.25) is 0 Å². The second-order valence-electron chi connectivity index (χ2n) is 2.78. The second kappa shape index (κ2) is 6.58. The maximum atomic E-state index is 5.50. The molecule has 0 aromatic heterocycles. The summed E-state index contributed by atoms with van der Waals surface area (Å²) in [7, 11) is 0. The molecule has 0 bridgehead atoms. The maximum absolute atomic E-state index is 5.50. The third-order valence-electron chi connectivity index (χ3n) is 1.20. The molecule has 0 aliphatic carbocycles. The fourth-order valence-electron chi connectivity index (χ4n) is 0.648. The first-order valence-electron chi connectivity index (χ1n) is 4.11. The average Bonchev–Trinajstić information content (AvgIpc) is 1.97. The number of hydrogen-bond acceptors (Lipinski definition) is 3. The topological polar surface area (TPSA) is 44.5 Å². The van der Waals surface area contributed by atoms with Gasteiger partial charge < -0.3 is 15.2 Å².